The minimum atomic E-state index is -0.487. The van der Waals surface area contributed by atoms with Crippen molar-refractivity contribution in [3.05, 3.63) is 46.8 Å². The number of fused-ring (bicyclic) bond motifs is 1. The summed E-state index contributed by atoms with van der Waals surface area (Å²) in [7, 11) is 1.81. The summed E-state index contributed by atoms with van der Waals surface area (Å²) in [5.41, 5.74) is 9.58. The highest BCUT2D eigenvalue weighted by Crippen LogP contribution is 2.31. The zero-order chi connectivity index (χ0) is 19.1. The molecule has 1 aliphatic heterocycles. The van der Waals surface area contributed by atoms with E-state index in [9.17, 15) is 9.59 Å². The van der Waals surface area contributed by atoms with E-state index in [0.29, 0.717) is 11.6 Å². The maximum atomic E-state index is 12.0. The summed E-state index contributed by atoms with van der Waals surface area (Å²) in [6.07, 6.45) is 2.47. The van der Waals surface area contributed by atoms with Crippen molar-refractivity contribution in [1.29, 1.82) is 0 Å². The fourth-order valence-electron chi connectivity index (χ4n) is 3.91. The molecule has 2 aliphatic rings. The normalized spacial score (nSPS) is 21.1. The number of benzene rings is 1. The van der Waals surface area contributed by atoms with Gasteiger partial charge in [-0.1, -0.05) is 24.8 Å². The molecule has 27 heavy (non-hydrogen) atoms. The molecule has 0 saturated carbocycles. The van der Waals surface area contributed by atoms with E-state index in [0.717, 1.165) is 48.3 Å². The molecule has 4 rings (SSSR count). The topological polar surface area (TPSA) is 81.2 Å². The lowest BCUT2D eigenvalue weighted by Gasteiger charge is -2.07. The maximum Gasteiger partial charge on any atom is 0.269 e. The Bertz CT molecular complexity index is 995. The van der Waals surface area contributed by atoms with Gasteiger partial charge in [-0.2, -0.15) is 5.10 Å². The quantitative estimate of drug-likeness (QED) is 0.823. The van der Waals surface area contributed by atoms with Crippen LogP contribution in [0.1, 0.15) is 40.7 Å². The van der Waals surface area contributed by atoms with E-state index >= 15 is 0 Å². The lowest BCUT2D eigenvalue weighted by molar-refractivity contribution is -0.128. The van der Waals surface area contributed by atoms with Crippen molar-refractivity contribution in [2.45, 2.75) is 26.2 Å². The molecule has 1 aromatic heterocycles. The number of likely N-dealkylation sites (tertiary alicyclic amines) is 1. The number of hydrogen-bond donors (Lipinski definition) is 1. The van der Waals surface area contributed by atoms with E-state index in [-0.39, 0.29) is 11.8 Å². The number of aromatic nitrogens is 2. The highest BCUT2D eigenvalue weighted by molar-refractivity contribution is 5.93. The molecule has 1 saturated heterocycles. The van der Waals surface area contributed by atoms with Crippen molar-refractivity contribution < 1.29 is 9.59 Å². The predicted molar refractivity (Wildman–Crippen MR) is 101 cm³/mol. The van der Waals surface area contributed by atoms with Crippen LogP contribution in [0.15, 0.2) is 24.3 Å². The summed E-state index contributed by atoms with van der Waals surface area (Å²) in [4.78, 5) is 25.5. The van der Waals surface area contributed by atoms with Gasteiger partial charge in [0.1, 0.15) is 5.92 Å². The summed E-state index contributed by atoms with van der Waals surface area (Å²) in [5.74, 6) is 6.06. The van der Waals surface area contributed by atoms with E-state index in [2.05, 4.69) is 23.9 Å². The average Bonchev–Trinajstić information content (AvgIpc) is 3.27. The van der Waals surface area contributed by atoms with Crippen LogP contribution >= 0.6 is 0 Å². The average molecular weight is 362 g/mol. The zero-order valence-electron chi connectivity index (χ0n) is 15.5. The third-order valence-electron chi connectivity index (χ3n) is 5.33. The van der Waals surface area contributed by atoms with Crippen LogP contribution in [0.25, 0.3) is 5.69 Å². The number of carbonyl (C=O) groups excluding carboxylic acids is 2. The molecule has 6 nitrogen and oxygen atoms in total. The van der Waals surface area contributed by atoms with Crippen LogP contribution in [-0.2, 0) is 17.6 Å². The van der Waals surface area contributed by atoms with E-state index < -0.39 is 5.91 Å². The smallest absolute Gasteiger partial charge is 0.269 e. The van der Waals surface area contributed by atoms with Gasteiger partial charge in [0.05, 0.1) is 5.69 Å². The van der Waals surface area contributed by atoms with Crippen LogP contribution in [-0.4, -0.2) is 40.1 Å². The molecule has 1 aromatic carbocycles. The van der Waals surface area contributed by atoms with Crippen molar-refractivity contribution in [3.8, 4) is 17.5 Å². The molecule has 0 radical (unpaired) electrons. The highest BCUT2D eigenvalue weighted by atomic mass is 16.2. The molecule has 2 N–H and O–H groups in total. The summed E-state index contributed by atoms with van der Waals surface area (Å²) in [6.45, 7) is 2.92. The van der Waals surface area contributed by atoms with E-state index in [1.807, 2.05) is 28.9 Å². The van der Waals surface area contributed by atoms with Crippen molar-refractivity contribution in [3.63, 3.8) is 0 Å². The summed E-state index contributed by atoms with van der Waals surface area (Å²) in [6, 6.07) is 7.72. The first-order valence-electron chi connectivity index (χ1n) is 9.21. The van der Waals surface area contributed by atoms with Gasteiger partial charge in [0.25, 0.3) is 5.91 Å². The molecule has 1 unspecified atom stereocenters. The van der Waals surface area contributed by atoms with Gasteiger partial charge in [-0.3, -0.25) is 9.59 Å². The Labute approximate surface area is 158 Å². The zero-order valence-corrected chi connectivity index (χ0v) is 15.5. The fourth-order valence-corrected chi connectivity index (χ4v) is 3.91. The molecule has 2 atom stereocenters. The lowest BCUT2D eigenvalue weighted by atomic mass is 10.1. The van der Waals surface area contributed by atoms with Crippen LogP contribution in [0.4, 0.5) is 0 Å². The highest BCUT2D eigenvalue weighted by Gasteiger charge is 2.30. The summed E-state index contributed by atoms with van der Waals surface area (Å²) >= 11 is 0. The van der Waals surface area contributed by atoms with Gasteiger partial charge < -0.3 is 10.6 Å². The predicted octanol–water partition coefficient (Wildman–Crippen LogP) is 1.54. The number of nitrogens with two attached hydrogens (primary N) is 1. The standard InChI is InChI=1S/C21H22N4O2/c1-13-10-17-18(11-13)25(23-19(17)20(22)26)16-5-3-4-14(12-16)6-7-15-8-9-24(2)21(15)27/h3-5,12-13,15H,8-11H2,1-2H3,(H2,22,26)/t13?,15-/m1/s1. The van der Waals surface area contributed by atoms with Gasteiger partial charge in [0.15, 0.2) is 5.69 Å². The molecule has 6 heteroatoms. The molecule has 2 heterocycles. The second kappa shape index (κ2) is 6.58. The number of primary amides is 1. The third-order valence-corrected chi connectivity index (χ3v) is 5.33. The van der Waals surface area contributed by atoms with Crippen LogP contribution in [0, 0.1) is 23.7 Å². The molecule has 0 bridgehead atoms. The first-order valence-corrected chi connectivity index (χ1v) is 9.21. The largest absolute Gasteiger partial charge is 0.364 e. The molecule has 2 aromatic rings. The first-order chi connectivity index (χ1) is 12.9. The van der Waals surface area contributed by atoms with Gasteiger partial charge in [0, 0.05) is 30.4 Å². The van der Waals surface area contributed by atoms with Crippen LogP contribution in [0.3, 0.4) is 0 Å². The van der Waals surface area contributed by atoms with Crippen molar-refractivity contribution in [2.75, 3.05) is 13.6 Å². The summed E-state index contributed by atoms with van der Waals surface area (Å²) in [5, 5.41) is 4.47. The number of carbonyl (C=O) groups is 2. The third kappa shape index (κ3) is 3.10. The van der Waals surface area contributed by atoms with E-state index in [1.165, 1.54) is 0 Å². The Balaban J connectivity index is 1.68. The second-order valence-electron chi connectivity index (χ2n) is 7.48. The van der Waals surface area contributed by atoms with Gasteiger partial charge >= 0.3 is 0 Å². The van der Waals surface area contributed by atoms with Gasteiger partial charge in [-0.05, 0) is 43.4 Å². The molecule has 0 spiro atoms. The minimum absolute atomic E-state index is 0.0867. The van der Waals surface area contributed by atoms with Crippen molar-refractivity contribution >= 4 is 11.8 Å². The first kappa shape index (κ1) is 17.3. The molecular weight excluding hydrogens is 340 g/mol. The Morgan fingerprint density at radius 2 is 2.15 bits per heavy atom. The van der Waals surface area contributed by atoms with Crippen molar-refractivity contribution in [2.24, 2.45) is 17.6 Å². The van der Waals surface area contributed by atoms with Gasteiger partial charge in [-0.15, -0.1) is 0 Å². The number of hydrogen-bond acceptors (Lipinski definition) is 3. The Morgan fingerprint density at radius 3 is 2.85 bits per heavy atom. The Kier molecular flexibility index (Phi) is 4.23. The fraction of sp³-hybridized carbons (Fsp3) is 0.381. The SMILES string of the molecule is CC1Cc2c(C(N)=O)nn(-c3cccc(C#C[C@@H]4CCN(C)C4=O)c3)c2C1. The number of rotatable bonds is 2. The second-order valence-corrected chi connectivity index (χ2v) is 7.48. The molecular formula is C21H22N4O2. The van der Waals surface area contributed by atoms with Crippen LogP contribution in [0.5, 0.6) is 0 Å². The minimum Gasteiger partial charge on any atom is -0.364 e. The molecule has 1 aliphatic carbocycles. The summed E-state index contributed by atoms with van der Waals surface area (Å²) < 4.78 is 1.82. The lowest BCUT2D eigenvalue weighted by Crippen LogP contribution is -2.21. The molecule has 2 amide bonds. The van der Waals surface area contributed by atoms with E-state index in [1.54, 1.807) is 11.9 Å². The Hall–Kier alpha value is -3.07. The van der Waals surface area contributed by atoms with Gasteiger partial charge in [0.2, 0.25) is 5.91 Å². The van der Waals surface area contributed by atoms with Crippen molar-refractivity contribution in [1.82, 2.24) is 14.7 Å². The van der Waals surface area contributed by atoms with Crippen LogP contribution < -0.4 is 5.73 Å². The molecule has 1 fully saturated rings. The van der Waals surface area contributed by atoms with Crippen LogP contribution in [0.2, 0.25) is 0 Å². The Morgan fingerprint density at radius 1 is 1.33 bits per heavy atom. The number of amides is 2. The molecule has 138 valence electrons. The number of nitrogens with zero attached hydrogens (tertiary/aromatic N) is 3. The maximum absolute atomic E-state index is 12.0. The van der Waals surface area contributed by atoms with Gasteiger partial charge in [-0.25, -0.2) is 4.68 Å². The van der Waals surface area contributed by atoms with E-state index in [4.69, 9.17) is 5.73 Å². The monoisotopic (exact) mass is 362 g/mol.